The van der Waals surface area contributed by atoms with Crippen molar-refractivity contribution in [3.63, 3.8) is 0 Å². The highest BCUT2D eigenvalue weighted by molar-refractivity contribution is 8.14. The van der Waals surface area contributed by atoms with Crippen molar-refractivity contribution in [1.29, 1.82) is 0 Å². The maximum Gasteiger partial charge on any atom is 0.323 e. The summed E-state index contributed by atoms with van der Waals surface area (Å²) in [6, 6.07) is 14.9. The molecule has 0 aromatic heterocycles. The number of hydrazone groups is 1. The Morgan fingerprint density at radius 2 is 1.94 bits per heavy atom. The number of ether oxygens (including phenoxy) is 2. The zero-order valence-electron chi connectivity index (χ0n) is 20.5. The minimum atomic E-state index is -0.694. The van der Waals surface area contributed by atoms with E-state index in [2.05, 4.69) is 10.3 Å². The lowest BCUT2D eigenvalue weighted by Crippen LogP contribution is -2.54. The summed E-state index contributed by atoms with van der Waals surface area (Å²) in [5, 5.41) is 8.84. The van der Waals surface area contributed by atoms with E-state index in [0.29, 0.717) is 30.9 Å². The van der Waals surface area contributed by atoms with Crippen LogP contribution in [0.15, 0.2) is 71.0 Å². The van der Waals surface area contributed by atoms with Crippen LogP contribution in [-0.2, 0) is 6.42 Å². The monoisotopic (exact) mass is 507 g/mol. The summed E-state index contributed by atoms with van der Waals surface area (Å²) in [6.45, 7) is 2.37. The number of thioether (sulfide) groups is 1. The molecule has 0 saturated heterocycles. The number of carbonyl (C=O) groups excluding carboxylic acids is 2. The van der Waals surface area contributed by atoms with E-state index in [1.165, 1.54) is 21.7 Å². The Morgan fingerprint density at radius 1 is 1.17 bits per heavy atom. The van der Waals surface area contributed by atoms with Crippen molar-refractivity contribution < 1.29 is 19.1 Å². The van der Waals surface area contributed by atoms with Crippen LogP contribution in [0, 0.1) is 0 Å². The molecule has 0 spiro atoms. The molecule has 2 aromatic rings. The van der Waals surface area contributed by atoms with E-state index < -0.39 is 6.17 Å². The van der Waals surface area contributed by atoms with Crippen molar-refractivity contribution in [3.05, 3.63) is 72.1 Å². The van der Waals surface area contributed by atoms with Gasteiger partial charge in [-0.2, -0.15) is 5.10 Å². The molecule has 0 bridgehead atoms. The van der Waals surface area contributed by atoms with Crippen LogP contribution in [-0.4, -0.2) is 65.3 Å². The highest BCUT2D eigenvalue weighted by Crippen LogP contribution is 2.34. The summed E-state index contributed by atoms with van der Waals surface area (Å²) >= 11 is 1.21. The predicted molar refractivity (Wildman–Crippen MR) is 142 cm³/mol. The molecule has 2 aliphatic rings. The van der Waals surface area contributed by atoms with Gasteiger partial charge in [-0.15, -0.1) is 0 Å². The summed E-state index contributed by atoms with van der Waals surface area (Å²) in [6.07, 6.45) is 5.21. The molecule has 2 aromatic carbocycles. The van der Waals surface area contributed by atoms with Crippen molar-refractivity contribution in [1.82, 2.24) is 15.2 Å². The smallest absolute Gasteiger partial charge is 0.323 e. The van der Waals surface area contributed by atoms with Gasteiger partial charge >= 0.3 is 11.3 Å². The number of hydrogen-bond acceptors (Lipinski definition) is 7. The van der Waals surface area contributed by atoms with E-state index in [1.807, 2.05) is 55.5 Å². The molecule has 188 valence electrons. The van der Waals surface area contributed by atoms with Gasteiger partial charge in [0.1, 0.15) is 6.17 Å². The fourth-order valence-corrected chi connectivity index (χ4v) is 4.93. The molecule has 2 aliphatic heterocycles. The Bertz CT molecular complexity index is 1180. The van der Waals surface area contributed by atoms with Crippen LogP contribution in [0.25, 0.3) is 0 Å². The van der Waals surface area contributed by atoms with Gasteiger partial charge in [0.05, 0.1) is 31.7 Å². The highest BCUT2D eigenvalue weighted by Gasteiger charge is 2.35. The molecule has 9 nitrogen and oxygen atoms in total. The van der Waals surface area contributed by atoms with Gasteiger partial charge < -0.3 is 14.8 Å². The molecule has 10 heteroatoms. The Labute approximate surface area is 214 Å². The maximum absolute atomic E-state index is 13.3. The largest absolute Gasteiger partial charge is 0.493 e. The fraction of sp³-hybridized carbons (Fsp3) is 0.308. The number of rotatable bonds is 8. The van der Waals surface area contributed by atoms with Crippen molar-refractivity contribution in [2.75, 3.05) is 20.8 Å². The van der Waals surface area contributed by atoms with E-state index in [-0.39, 0.29) is 16.5 Å². The Hall–Kier alpha value is -3.79. The standard InChI is InChI=1S/C26H29N5O4S/c1-4-22-24(19-10-11-20(34-2)21(17-19)35-3)29-31(26(33)36-22)23(16-18-8-6-5-7-9-18)28-25(32)30-14-12-27-13-15-30/h5-14,17,22-23H,4,15-16H2,1-3H3,(H,28,32). The van der Waals surface area contributed by atoms with Crippen molar-refractivity contribution >= 4 is 35.0 Å². The molecule has 2 heterocycles. The third kappa shape index (κ3) is 5.71. The predicted octanol–water partition coefficient (Wildman–Crippen LogP) is 4.49. The molecule has 2 atom stereocenters. The summed E-state index contributed by atoms with van der Waals surface area (Å²) in [5.74, 6) is 1.19. The minimum absolute atomic E-state index is 0.138. The molecule has 0 fully saturated rings. The lowest BCUT2D eigenvalue weighted by molar-refractivity contribution is 0.173. The molecule has 0 saturated carbocycles. The second-order valence-electron chi connectivity index (χ2n) is 8.12. The topological polar surface area (TPSA) is 95.8 Å². The lowest BCUT2D eigenvalue weighted by atomic mass is 10.0. The van der Waals surface area contributed by atoms with E-state index in [1.54, 1.807) is 32.8 Å². The van der Waals surface area contributed by atoms with Crippen LogP contribution in [0.1, 0.15) is 24.5 Å². The van der Waals surface area contributed by atoms with Crippen LogP contribution < -0.4 is 14.8 Å². The van der Waals surface area contributed by atoms with Crippen LogP contribution in [0.3, 0.4) is 0 Å². The second kappa shape index (κ2) is 11.8. The Balaban J connectivity index is 1.70. The number of nitrogens with one attached hydrogen (secondary N) is 1. The normalized spacial score (nSPS) is 18.0. The van der Waals surface area contributed by atoms with Gasteiger partial charge in [0.25, 0.3) is 0 Å². The number of hydrogen-bond donors (Lipinski definition) is 1. The SMILES string of the molecule is CCC1SC(=O)N(C(Cc2ccccc2)NC(=O)N2C=CN=CC2)N=C1c1ccc(OC)c(OC)c1. The summed E-state index contributed by atoms with van der Waals surface area (Å²) in [4.78, 5) is 31.9. The number of aliphatic imine (C=N–C) groups is 1. The molecule has 0 radical (unpaired) electrons. The van der Waals surface area contributed by atoms with E-state index in [0.717, 1.165) is 16.8 Å². The van der Waals surface area contributed by atoms with Gasteiger partial charge in [0, 0.05) is 30.6 Å². The quantitative estimate of drug-likeness (QED) is 0.568. The fourth-order valence-electron chi connectivity index (χ4n) is 3.95. The average Bonchev–Trinajstić information content (AvgIpc) is 2.93. The first kappa shape index (κ1) is 25.3. The first-order valence-electron chi connectivity index (χ1n) is 11.6. The number of benzene rings is 2. The van der Waals surface area contributed by atoms with Gasteiger partial charge in [0.15, 0.2) is 11.5 Å². The molecule has 4 rings (SSSR count). The summed E-state index contributed by atoms with van der Waals surface area (Å²) in [7, 11) is 3.17. The third-order valence-electron chi connectivity index (χ3n) is 5.84. The first-order valence-corrected chi connectivity index (χ1v) is 12.5. The molecule has 2 unspecified atom stereocenters. The van der Waals surface area contributed by atoms with Gasteiger partial charge in [0.2, 0.25) is 0 Å². The van der Waals surface area contributed by atoms with Crippen molar-refractivity contribution in [3.8, 4) is 11.5 Å². The van der Waals surface area contributed by atoms with Gasteiger partial charge in [-0.3, -0.25) is 14.7 Å². The van der Waals surface area contributed by atoms with Crippen LogP contribution >= 0.6 is 11.8 Å². The maximum atomic E-state index is 13.3. The van der Waals surface area contributed by atoms with Crippen LogP contribution in [0.2, 0.25) is 0 Å². The minimum Gasteiger partial charge on any atom is -0.493 e. The molecule has 36 heavy (non-hydrogen) atoms. The number of methoxy groups -OCH3 is 2. The third-order valence-corrected chi connectivity index (χ3v) is 7.06. The van der Waals surface area contributed by atoms with E-state index in [9.17, 15) is 9.59 Å². The van der Waals surface area contributed by atoms with Gasteiger partial charge in [-0.1, -0.05) is 49.0 Å². The van der Waals surface area contributed by atoms with Crippen molar-refractivity contribution in [2.24, 2.45) is 10.1 Å². The van der Waals surface area contributed by atoms with E-state index in [4.69, 9.17) is 14.6 Å². The Morgan fingerprint density at radius 3 is 2.61 bits per heavy atom. The van der Waals surface area contributed by atoms with Gasteiger partial charge in [-0.05, 0) is 30.2 Å². The summed E-state index contributed by atoms with van der Waals surface area (Å²) in [5.41, 5.74) is 2.53. The van der Waals surface area contributed by atoms with E-state index >= 15 is 0 Å². The molecular weight excluding hydrogens is 478 g/mol. The molecule has 1 N–H and O–H groups in total. The molecule has 0 aliphatic carbocycles. The lowest BCUT2D eigenvalue weighted by Gasteiger charge is -2.35. The highest BCUT2D eigenvalue weighted by atomic mass is 32.2. The number of carbonyl (C=O) groups is 2. The summed E-state index contributed by atoms with van der Waals surface area (Å²) < 4.78 is 10.9. The zero-order chi connectivity index (χ0) is 25.5. The van der Waals surface area contributed by atoms with Gasteiger partial charge in [-0.25, -0.2) is 9.80 Å². The molecular formula is C26H29N5O4S. The number of nitrogens with zero attached hydrogens (tertiary/aromatic N) is 4. The zero-order valence-corrected chi connectivity index (χ0v) is 21.3. The first-order chi connectivity index (χ1) is 17.5. The number of urea groups is 1. The second-order valence-corrected chi connectivity index (χ2v) is 9.27. The molecule has 3 amide bonds. The van der Waals surface area contributed by atoms with Crippen LogP contribution in [0.4, 0.5) is 9.59 Å². The Kier molecular flexibility index (Phi) is 8.27. The average molecular weight is 508 g/mol. The van der Waals surface area contributed by atoms with Crippen LogP contribution in [0.5, 0.6) is 11.5 Å². The number of amides is 3. The van der Waals surface area contributed by atoms with Crippen molar-refractivity contribution in [2.45, 2.75) is 31.2 Å².